The Balaban J connectivity index is 1.26. The molecule has 4 saturated heterocycles. The van der Waals surface area contributed by atoms with Crippen LogP contribution in [0.15, 0.2) is 0 Å². The van der Waals surface area contributed by atoms with E-state index in [-0.39, 0.29) is 24.4 Å². The van der Waals surface area contributed by atoms with Crippen molar-refractivity contribution in [2.45, 2.75) is 88.6 Å². The first kappa shape index (κ1) is 17.3. The largest absolute Gasteiger partial charge is 0.325 e. The maximum Gasteiger partial charge on any atom is 0.325 e. The van der Waals surface area contributed by atoms with Gasteiger partial charge in [-0.05, 0) is 25.7 Å². The molecule has 6 fully saturated rings. The summed E-state index contributed by atoms with van der Waals surface area (Å²) in [5.41, 5.74) is 0. The van der Waals surface area contributed by atoms with Crippen molar-refractivity contribution in [3.8, 4) is 0 Å². The van der Waals surface area contributed by atoms with Crippen molar-refractivity contribution in [1.82, 2.24) is 29.4 Å². The van der Waals surface area contributed by atoms with Gasteiger partial charge in [-0.3, -0.25) is 29.4 Å². The van der Waals surface area contributed by atoms with Crippen LogP contribution < -0.4 is 0 Å². The zero-order valence-corrected chi connectivity index (χ0v) is 16.7. The molecule has 0 atom stereocenters. The van der Waals surface area contributed by atoms with Crippen LogP contribution in [0, 0.1) is 0 Å². The van der Waals surface area contributed by atoms with E-state index < -0.39 is 0 Å². The van der Waals surface area contributed by atoms with Gasteiger partial charge in [-0.2, -0.15) is 0 Å². The smallest absolute Gasteiger partial charge is 0.287 e. The van der Waals surface area contributed by atoms with Gasteiger partial charge >= 0.3 is 12.1 Å². The maximum absolute atomic E-state index is 13.3. The van der Waals surface area contributed by atoms with E-state index in [0.717, 1.165) is 0 Å². The van der Waals surface area contributed by atoms with Crippen LogP contribution in [0.25, 0.3) is 0 Å². The summed E-state index contributed by atoms with van der Waals surface area (Å²) in [6.07, 6.45) is 12.3. The van der Waals surface area contributed by atoms with Gasteiger partial charge in [-0.1, -0.05) is 38.5 Å². The topological polar surface area (TPSA) is 53.6 Å². The Morgan fingerprint density at radius 2 is 0.821 bits per heavy atom. The van der Waals surface area contributed by atoms with Crippen LogP contribution in [0.3, 0.4) is 0 Å². The minimum atomic E-state index is -0.0895. The van der Waals surface area contributed by atoms with Gasteiger partial charge in [-0.15, -0.1) is 0 Å². The van der Waals surface area contributed by atoms with Crippen LogP contribution >= 0.6 is 0 Å². The van der Waals surface area contributed by atoms with E-state index in [9.17, 15) is 9.59 Å². The lowest BCUT2D eigenvalue weighted by Crippen LogP contribution is -2.63. The molecule has 8 heteroatoms. The van der Waals surface area contributed by atoms with E-state index in [1.807, 2.05) is 19.6 Å². The molecule has 8 nitrogen and oxygen atoms in total. The predicted octanol–water partition coefficient (Wildman–Crippen LogP) is 2.24. The number of amides is 4. The van der Waals surface area contributed by atoms with Gasteiger partial charge in [0.25, 0.3) is 0 Å². The number of hydrogen-bond donors (Lipinski definition) is 0. The molecule has 0 aromatic heterocycles. The standard InChI is InChI=1S/C20H32N6O2/c27-19-23-11-21(15-7-3-1-4-8-15)12-24-17(23)18-25(19)13-22(14-26(18)20(24)28)16-9-5-2-6-10-16/h15-18H,1-14H2. The van der Waals surface area contributed by atoms with Crippen molar-refractivity contribution in [3.63, 3.8) is 0 Å². The molecule has 0 unspecified atom stereocenters. The maximum atomic E-state index is 13.3. The van der Waals surface area contributed by atoms with Crippen molar-refractivity contribution < 1.29 is 9.59 Å². The number of rotatable bonds is 2. The van der Waals surface area contributed by atoms with E-state index in [4.69, 9.17) is 0 Å². The molecule has 0 aromatic carbocycles. The molecule has 0 spiro atoms. The third kappa shape index (κ3) is 2.43. The number of urea groups is 2. The third-order valence-electron chi connectivity index (χ3n) is 8.05. The summed E-state index contributed by atoms with van der Waals surface area (Å²) in [6, 6.07) is 1.27. The van der Waals surface area contributed by atoms with E-state index in [2.05, 4.69) is 9.80 Å². The highest BCUT2D eigenvalue weighted by molar-refractivity contribution is 5.85. The molecule has 4 heterocycles. The number of hydrogen-bond acceptors (Lipinski definition) is 4. The molecular weight excluding hydrogens is 356 g/mol. The highest BCUT2D eigenvalue weighted by Gasteiger charge is 2.63. The van der Waals surface area contributed by atoms with Crippen LogP contribution in [0.1, 0.15) is 64.2 Å². The van der Waals surface area contributed by atoms with E-state index in [1.54, 1.807) is 0 Å². The second kappa shape index (κ2) is 6.49. The summed E-state index contributed by atoms with van der Waals surface area (Å²) >= 11 is 0. The average molecular weight is 389 g/mol. The molecule has 6 aliphatic rings. The van der Waals surface area contributed by atoms with Gasteiger partial charge in [0.05, 0.1) is 26.7 Å². The lowest BCUT2D eigenvalue weighted by molar-refractivity contribution is -0.0507. The van der Waals surface area contributed by atoms with Crippen molar-refractivity contribution in [2.24, 2.45) is 0 Å². The molecular formula is C20H32N6O2. The van der Waals surface area contributed by atoms with Crippen molar-refractivity contribution in [3.05, 3.63) is 0 Å². The number of carbonyl (C=O) groups is 2. The summed E-state index contributed by atoms with van der Waals surface area (Å²) in [5, 5.41) is 0. The highest BCUT2D eigenvalue weighted by atomic mass is 16.2. The molecule has 2 saturated carbocycles. The Morgan fingerprint density at radius 3 is 1.14 bits per heavy atom. The zero-order chi connectivity index (χ0) is 18.8. The Hall–Kier alpha value is -1.54. The number of carbonyl (C=O) groups excluding carboxylic acids is 2. The van der Waals surface area contributed by atoms with Crippen molar-refractivity contribution in [1.29, 1.82) is 0 Å². The Labute approximate surface area is 167 Å². The Morgan fingerprint density at radius 1 is 0.500 bits per heavy atom. The fraction of sp³-hybridized carbons (Fsp3) is 0.900. The lowest BCUT2D eigenvalue weighted by Gasteiger charge is -2.46. The zero-order valence-electron chi connectivity index (χ0n) is 16.7. The normalized spacial score (nSPS) is 35.3. The first-order valence-corrected chi connectivity index (χ1v) is 11.3. The summed E-state index contributed by atoms with van der Waals surface area (Å²) in [6.45, 7) is 2.73. The molecule has 0 radical (unpaired) electrons. The molecule has 154 valence electrons. The van der Waals surface area contributed by atoms with Gasteiger partial charge in [0.2, 0.25) is 0 Å². The molecule has 6 rings (SSSR count). The van der Waals surface area contributed by atoms with Crippen LogP contribution in [0.4, 0.5) is 9.59 Å². The molecule has 2 aliphatic carbocycles. The first-order valence-electron chi connectivity index (χ1n) is 11.3. The monoisotopic (exact) mass is 388 g/mol. The van der Waals surface area contributed by atoms with Gasteiger partial charge in [-0.25, -0.2) is 9.59 Å². The van der Waals surface area contributed by atoms with Crippen LogP contribution in [0.2, 0.25) is 0 Å². The Kier molecular flexibility index (Phi) is 4.01. The van der Waals surface area contributed by atoms with Gasteiger partial charge in [0.15, 0.2) is 12.3 Å². The van der Waals surface area contributed by atoms with Crippen LogP contribution in [0.5, 0.6) is 0 Å². The van der Waals surface area contributed by atoms with Gasteiger partial charge in [0.1, 0.15) is 0 Å². The molecule has 4 aliphatic heterocycles. The highest BCUT2D eigenvalue weighted by Crippen LogP contribution is 2.41. The van der Waals surface area contributed by atoms with Gasteiger partial charge in [0, 0.05) is 12.1 Å². The third-order valence-corrected chi connectivity index (χ3v) is 8.05. The summed E-state index contributed by atoms with van der Waals surface area (Å²) in [7, 11) is 0. The van der Waals surface area contributed by atoms with E-state index >= 15 is 0 Å². The SMILES string of the molecule is O=C1N2CN(C3CCCCC3)CN3C(=O)N4CN(C5CCCCC5)CN1C4C23. The lowest BCUT2D eigenvalue weighted by atomic mass is 9.94. The van der Waals surface area contributed by atoms with E-state index in [1.165, 1.54) is 64.2 Å². The molecule has 0 N–H and O–H groups in total. The minimum absolute atomic E-state index is 0.0895. The van der Waals surface area contributed by atoms with E-state index in [0.29, 0.717) is 38.8 Å². The molecule has 0 aromatic rings. The van der Waals surface area contributed by atoms with Crippen LogP contribution in [-0.4, -0.2) is 92.6 Å². The quantitative estimate of drug-likeness (QED) is 0.728. The van der Waals surface area contributed by atoms with Crippen molar-refractivity contribution in [2.75, 3.05) is 26.7 Å². The second-order valence-electron chi connectivity index (χ2n) is 9.60. The van der Waals surface area contributed by atoms with Crippen molar-refractivity contribution >= 4 is 12.1 Å². The summed E-state index contributed by atoms with van der Waals surface area (Å²) < 4.78 is 0. The second-order valence-corrected chi connectivity index (χ2v) is 9.60. The average Bonchev–Trinajstić information content (AvgIpc) is 3.21. The summed E-state index contributed by atoms with van der Waals surface area (Å²) in [5.74, 6) is 0. The van der Waals surface area contributed by atoms with Crippen LogP contribution in [-0.2, 0) is 0 Å². The summed E-state index contributed by atoms with van der Waals surface area (Å²) in [4.78, 5) is 39.4. The Bertz CT molecular complexity index is 573. The molecule has 0 bridgehead atoms. The molecule has 4 amide bonds. The first-order chi connectivity index (χ1) is 13.7. The fourth-order valence-electron chi connectivity index (χ4n) is 6.57. The molecule has 28 heavy (non-hydrogen) atoms. The fourth-order valence-corrected chi connectivity index (χ4v) is 6.57. The minimum Gasteiger partial charge on any atom is -0.287 e. The predicted molar refractivity (Wildman–Crippen MR) is 103 cm³/mol. The number of nitrogens with zero attached hydrogens (tertiary/aromatic N) is 6. The van der Waals surface area contributed by atoms with Gasteiger partial charge < -0.3 is 0 Å².